The van der Waals surface area contributed by atoms with E-state index in [2.05, 4.69) is 0 Å². The Balaban J connectivity index is 2.15. The van der Waals surface area contributed by atoms with E-state index >= 15 is 0 Å². The van der Waals surface area contributed by atoms with Crippen LogP contribution < -0.4 is 14.2 Å². The molecule has 1 N–H and O–H groups in total. The lowest BCUT2D eigenvalue weighted by molar-refractivity contribution is -0.140. The van der Waals surface area contributed by atoms with Gasteiger partial charge in [0.05, 0.1) is 32.4 Å². The van der Waals surface area contributed by atoms with Gasteiger partial charge in [0, 0.05) is 25.8 Å². The predicted octanol–water partition coefficient (Wildman–Crippen LogP) is 3.56. The minimum atomic E-state index is -0.794. The molecular formula is C25H29NO7. The summed E-state index contributed by atoms with van der Waals surface area (Å²) in [7, 11) is 4.61. The second kappa shape index (κ2) is 10.9. The summed E-state index contributed by atoms with van der Waals surface area (Å²) in [5.74, 6) is -0.153. The van der Waals surface area contributed by atoms with Crippen molar-refractivity contribution in [1.29, 1.82) is 0 Å². The molecule has 8 heteroatoms. The van der Waals surface area contributed by atoms with Crippen molar-refractivity contribution in [3.63, 3.8) is 0 Å². The van der Waals surface area contributed by atoms with E-state index in [1.165, 1.54) is 19.1 Å². The smallest absolute Gasteiger partial charge is 0.295 e. The van der Waals surface area contributed by atoms with Gasteiger partial charge in [-0.3, -0.25) is 9.59 Å². The molecule has 176 valence electrons. The summed E-state index contributed by atoms with van der Waals surface area (Å²) in [5.41, 5.74) is 1.02. The van der Waals surface area contributed by atoms with Gasteiger partial charge in [0.15, 0.2) is 11.5 Å². The number of aliphatic hydroxyl groups is 1. The lowest BCUT2D eigenvalue weighted by Crippen LogP contribution is -2.31. The Labute approximate surface area is 193 Å². The minimum Gasteiger partial charge on any atom is -0.507 e. The van der Waals surface area contributed by atoms with Gasteiger partial charge in [-0.05, 0) is 43.2 Å². The molecule has 2 aromatic rings. The molecule has 1 unspecified atom stereocenters. The monoisotopic (exact) mass is 455 g/mol. The summed E-state index contributed by atoms with van der Waals surface area (Å²) >= 11 is 0. The van der Waals surface area contributed by atoms with Crippen LogP contribution in [0.2, 0.25) is 0 Å². The predicted molar refractivity (Wildman–Crippen MR) is 123 cm³/mol. The van der Waals surface area contributed by atoms with E-state index in [4.69, 9.17) is 18.9 Å². The number of methoxy groups -OCH3 is 3. The number of benzene rings is 2. The highest BCUT2D eigenvalue weighted by Gasteiger charge is 2.46. The zero-order valence-corrected chi connectivity index (χ0v) is 19.3. The Hall–Kier alpha value is -3.52. The summed E-state index contributed by atoms with van der Waals surface area (Å²) in [6.45, 7) is 3.03. The number of ketones is 1. The first-order valence-electron chi connectivity index (χ1n) is 10.7. The average Bonchev–Trinajstić information content (AvgIpc) is 3.08. The van der Waals surface area contributed by atoms with Gasteiger partial charge in [-0.2, -0.15) is 0 Å². The quantitative estimate of drug-likeness (QED) is 0.253. The lowest BCUT2D eigenvalue weighted by Gasteiger charge is -2.26. The van der Waals surface area contributed by atoms with Crippen LogP contribution in [0.25, 0.3) is 5.76 Å². The van der Waals surface area contributed by atoms with Gasteiger partial charge in [0.25, 0.3) is 11.7 Å². The van der Waals surface area contributed by atoms with Gasteiger partial charge in [0.1, 0.15) is 11.5 Å². The van der Waals surface area contributed by atoms with Crippen LogP contribution in [-0.4, -0.2) is 62.8 Å². The molecule has 1 atom stereocenters. The highest BCUT2D eigenvalue weighted by atomic mass is 16.5. The Bertz CT molecular complexity index is 1050. The molecule has 33 heavy (non-hydrogen) atoms. The second-order valence-electron chi connectivity index (χ2n) is 7.41. The largest absolute Gasteiger partial charge is 0.507 e. The fraction of sp³-hybridized carbons (Fsp3) is 0.360. The Morgan fingerprint density at radius 3 is 2.45 bits per heavy atom. The van der Waals surface area contributed by atoms with Gasteiger partial charge >= 0.3 is 0 Å². The van der Waals surface area contributed by atoms with Crippen molar-refractivity contribution in [2.45, 2.75) is 19.4 Å². The second-order valence-corrected chi connectivity index (χ2v) is 7.41. The Kier molecular flexibility index (Phi) is 7.95. The Morgan fingerprint density at radius 2 is 1.79 bits per heavy atom. The number of ether oxygens (including phenoxy) is 4. The molecule has 8 nitrogen and oxygen atoms in total. The van der Waals surface area contributed by atoms with E-state index in [0.29, 0.717) is 48.0 Å². The maximum absolute atomic E-state index is 13.1. The first-order chi connectivity index (χ1) is 16.0. The van der Waals surface area contributed by atoms with E-state index < -0.39 is 17.7 Å². The molecule has 1 aliphatic rings. The van der Waals surface area contributed by atoms with Crippen LogP contribution in [0.3, 0.4) is 0 Å². The third kappa shape index (κ3) is 4.96. The van der Waals surface area contributed by atoms with Crippen LogP contribution in [0.4, 0.5) is 0 Å². The van der Waals surface area contributed by atoms with Gasteiger partial charge in [-0.25, -0.2) is 0 Å². The number of carbonyl (C=O) groups excluding carboxylic acids is 2. The van der Waals surface area contributed by atoms with E-state index in [-0.39, 0.29) is 17.9 Å². The topological polar surface area (TPSA) is 94.5 Å². The number of nitrogens with zero attached hydrogens (tertiary/aromatic N) is 1. The van der Waals surface area contributed by atoms with Crippen LogP contribution in [0.1, 0.15) is 30.5 Å². The molecule has 1 fully saturated rings. The van der Waals surface area contributed by atoms with E-state index in [1.54, 1.807) is 49.6 Å². The molecule has 1 amide bonds. The van der Waals surface area contributed by atoms with Gasteiger partial charge in [-0.15, -0.1) is 0 Å². The van der Waals surface area contributed by atoms with Crippen molar-refractivity contribution in [2.75, 3.05) is 41.1 Å². The van der Waals surface area contributed by atoms with Gasteiger partial charge < -0.3 is 29.0 Å². The number of likely N-dealkylation sites (tertiary alicyclic amines) is 1. The van der Waals surface area contributed by atoms with Crippen LogP contribution in [0.15, 0.2) is 48.0 Å². The zero-order valence-electron chi connectivity index (χ0n) is 19.3. The maximum Gasteiger partial charge on any atom is 0.295 e. The van der Waals surface area contributed by atoms with Gasteiger partial charge in [-0.1, -0.05) is 18.2 Å². The SMILES string of the molecule is CCOc1cccc(/C(O)=C2/C(=O)C(=O)N(CCCOC)C2c2ccc(OC)c(OC)c2)c1. The van der Waals surface area contributed by atoms with E-state index in [1.807, 2.05) is 6.92 Å². The van der Waals surface area contributed by atoms with Crippen LogP contribution in [-0.2, 0) is 14.3 Å². The summed E-state index contributed by atoms with van der Waals surface area (Å²) in [5, 5.41) is 11.2. The number of amides is 1. The molecular weight excluding hydrogens is 426 g/mol. The number of Topliss-reactive ketones (excluding diaryl/α,β-unsaturated/α-hetero) is 1. The number of carbonyl (C=O) groups is 2. The third-order valence-electron chi connectivity index (χ3n) is 5.43. The van der Waals surface area contributed by atoms with Crippen LogP contribution >= 0.6 is 0 Å². The van der Waals surface area contributed by atoms with Crippen LogP contribution in [0, 0.1) is 0 Å². The highest BCUT2D eigenvalue weighted by Crippen LogP contribution is 2.42. The standard InChI is InChI=1S/C25H29NO7/c1-5-33-18-9-6-8-17(14-18)23(27)21-22(16-10-11-19(31-3)20(15-16)32-4)26(12-7-13-30-2)25(29)24(21)28/h6,8-11,14-15,22,27H,5,7,12-13H2,1-4H3/b23-21-. The molecule has 1 aliphatic heterocycles. The van der Waals surface area contributed by atoms with Gasteiger partial charge in [0.2, 0.25) is 0 Å². The fourth-order valence-corrected chi connectivity index (χ4v) is 3.91. The number of aliphatic hydroxyl groups excluding tert-OH is 1. The van der Waals surface area contributed by atoms with Crippen molar-refractivity contribution in [1.82, 2.24) is 4.90 Å². The summed E-state index contributed by atoms with van der Waals surface area (Å²) in [6.07, 6.45) is 0.535. The molecule has 2 aromatic carbocycles. The maximum atomic E-state index is 13.1. The summed E-state index contributed by atoms with van der Waals surface area (Å²) < 4.78 is 21.4. The van der Waals surface area contributed by atoms with Crippen molar-refractivity contribution in [3.8, 4) is 17.2 Å². The third-order valence-corrected chi connectivity index (χ3v) is 5.43. The molecule has 0 radical (unpaired) electrons. The number of hydrogen-bond donors (Lipinski definition) is 1. The molecule has 1 heterocycles. The fourth-order valence-electron chi connectivity index (χ4n) is 3.91. The molecule has 0 spiro atoms. The normalized spacial score (nSPS) is 17.3. The molecule has 0 bridgehead atoms. The van der Waals surface area contributed by atoms with Crippen molar-refractivity contribution >= 4 is 17.4 Å². The van der Waals surface area contributed by atoms with Crippen molar-refractivity contribution in [3.05, 3.63) is 59.2 Å². The van der Waals surface area contributed by atoms with Crippen LogP contribution in [0.5, 0.6) is 17.2 Å². The number of hydrogen-bond acceptors (Lipinski definition) is 7. The average molecular weight is 456 g/mol. The summed E-state index contributed by atoms with van der Waals surface area (Å²) in [4.78, 5) is 27.6. The molecule has 3 rings (SSSR count). The number of rotatable bonds is 10. The highest BCUT2D eigenvalue weighted by molar-refractivity contribution is 6.46. The molecule has 0 aromatic heterocycles. The zero-order chi connectivity index (χ0) is 24.0. The lowest BCUT2D eigenvalue weighted by atomic mass is 9.95. The molecule has 1 saturated heterocycles. The van der Waals surface area contributed by atoms with Crippen molar-refractivity contribution < 1.29 is 33.6 Å². The Morgan fingerprint density at radius 1 is 1.03 bits per heavy atom. The van der Waals surface area contributed by atoms with E-state index in [9.17, 15) is 14.7 Å². The van der Waals surface area contributed by atoms with E-state index in [0.717, 1.165) is 0 Å². The molecule has 0 saturated carbocycles. The summed E-state index contributed by atoms with van der Waals surface area (Å²) in [6, 6.07) is 11.2. The van der Waals surface area contributed by atoms with Crippen molar-refractivity contribution in [2.24, 2.45) is 0 Å². The molecule has 0 aliphatic carbocycles. The first kappa shape index (κ1) is 24.1. The minimum absolute atomic E-state index is 0.0123. The first-order valence-corrected chi connectivity index (χ1v) is 10.7.